The van der Waals surface area contributed by atoms with Crippen LogP contribution in [0.25, 0.3) is 0 Å². The highest BCUT2D eigenvalue weighted by Gasteiger charge is 2.40. The van der Waals surface area contributed by atoms with Crippen LogP contribution in [0.2, 0.25) is 0 Å². The summed E-state index contributed by atoms with van der Waals surface area (Å²) in [5, 5.41) is 10.6. The lowest BCUT2D eigenvalue weighted by molar-refractivity contribution is -0.129. The summed E-state index contributed by atoms with van der Waals surface area (Å²) < 4.78 is 11.3. The zero-order valence-corrected chi connectivity index (χ0v) is 13.1. The van der Waals surface area contributed by atoms with E-state index in [9.17, 15) is 9.90 Å². The van der Waals surface area contributed by atoms with Crippen molar-refractivity contribution in [3.63, 3.8) is 0 Å². The minimum absolute atomic E-state index is 0.159. The summed E-state index contributed by atoms with van der Waals surface area (Å²) in [6.07, 6.45) is 6.46. The van der Waals surface area contributed by atoms with Crippen molar-refractivity contribution in [2.75, 3.05) is 13.7 Å². The Balaban J connectivity index is 1.85. The van der Waals surface area contributed by atoms with Gasteiger partial charge in [-0.2, -0.15) is 0 Å². The second-order valence-electron chi connectivity index (χ2n) is 6.57. The maximum Gasteiger partial charge on any atom is 0.161 e. The number of hydrogen-bond donors (Lipinski definition) is 1. The lowest BCUT2D eigenvalue weighted by Gasteiger charge is -2.36. The molecular weight excluding hydrogens is 280 g/mol. The molecule has 1 N–H and O–H groups in total. The van der Waals surface area contributed by atoms with Crippen LogP contribution in [0.15, 0.2) is 18.2 Å². The number of methoxy groups -OCH3 is 1. The molecule has 3 rings (SSSR count). The van der Waals surface area contributed by atoms with E-state index in [1.54, 1.807) is 7.11 Å². The Bertz CT molecular complexity index is 538. The van der Waals surface area contributed by atoms with Gasteiger partial charge in [0, 0.05) is 5.92 Å². The average Bonchev–Trinajstić information content (AvgIpc) is 3.37. The van der Waals surface area contributed by atoms with Gasteiger partial charge in [-0.15, -0.1) is 0 Å². The van der Waals surface area contributed by atoms with Gasteiger partial charge in [0.2, 0.25) is 0 Å². The monoisotopic (exact) mass is 304 g/mol. The number of aliphatic hydroxyl groups is 1. The molecule has 0 amide bonds. The largest absolute Gasteiger partial charge is 0.493 e. The van der Waals surface area contributed by atoms with Gasteiger partial charge in [0.05, 0.1) is 13.7 Å². The van der Waals surface area contributed by atoms with E-state index in [0.29, 0.717) is 36.7 Å². The molecule has 2 fully saturated rings. The van der Waals surface area contributed by atoms with E-state index >= 15 is 0 Å². The average molecular weight is 304 g/mol. The molecule has 0 saturated heterocycles. The molecule has 2 aliphatic carbocycles. The molecule has 2 unspecified atom stereocenters. The van der Waals surface area contributed by atoms with Crippen molar-refractivity contribution in [3.8, 4) is 11.5 Å². The molecule has 4 heteroatoms. The first-order valence-electron chi connectivity index (χ1n) is 8.16. The first kappa shape index (κ1) is 15.3. The predicted molar refractivity (Wildman–Crippen MR) is 83.4 cm³/mol. The SMILES string of the molecule is COc1ccc(C2CCCCC2(O)C=O)cc1OCC1CC1. The Kier molecular flexibility index (Phi) is 4.39. The van der Waals surface area contributed by atoms with Crippen molar-refractivity contribution >= 4 is 6.29 Å². The molecular formula is C18H24O4. The zero-order valence-electron chi connectivity index (χ0n) is 13.1. The van der Waals surface area contributed by atoms with Crippen LogP contribution in [0.5, 0.6) is 11.5 Å². The van der Waals surface area contributed by atoms with Crippen molar-refractivity contribution in [2.24, 2.45) is 5.92 Å². The highest BCUT2D eigenvalue weighted by atomic mass is 16.5. The highest BCUT2D eigenvalue weighted by Crippen LogP contribution is 2.42. The van der Waals surface area contributed by atoms with Crippen molar-refractivity contribution in [1.29, 1.82) is 0 Å². The molecule has 2 saturated carbocycles. The van der Waals surface area contributed by atoms with Gasteiger partial charge in [-0.1, -0.05) is 18.9 Å². The molecule has 1 aromatic carbocycles. The molecule has 0 heterocycles. The van der Waals surface area contributed by atoms with Gasteiger partial charge in [0.1, 0.15) is 5.60 Å². The Morgan fingerprint density at radius 1 is 1.27 bits per heavy atom. The van der Waals surface area contributed by atoms with Crippen molar-refractivity contribution in [2.45, 2.75) is 50.0 Å². The standard InChI is InChI=1S/C18H24O4/c1-21-16-8-7-14(10-17(16)22-11-13-5-6-13)15-4-2-3-9-18(15,20)12-19/h7-8,10,12-13,15,20H,2-6,9,11H2,1H3. The van der Waals surface area contributed by atoms with Crippen LogP contribution in [0, 0.1) is 5.92 Å². The third kappa shape index (κ3) is 3.12. The number of aldehydes is 1. The second-order valence-corrected chi connectivity index (χ2v) is 6.57. The fourth-order valence-electron chi connectivity index (χ4n) is 3.29. The third-order valence-corrected chi connectivity index (χ3v) is 4.89. The van der Waals surface area contributed by atoms with Crippen molar-refractivity contribution in [3.05, 3.63) is 23.8 Å². The van der Waals surface area contributed by atoms with Crippen molar-refractivity contribution in [1.82, 2.24) is 0 Å². The first-order valence-corrected chi connectivity index (χ1v) is 8.16. The summed E-state index contributed by atoms with van der Waals surface area (Å²) in [5.74, 6) is 1.92. The second kappa shape index (κ2) is 6.29. The molecule has 0 aromatic heterocycles. The number of hydrogen-bond acceptors (Lipinski definition) is 4. The molecule has 2 atom stereocenters. The molecule has 0 bridgehead atoms. The minimum Gasteiger partial charge on any atom is -0.493 e. The molecule has 120 valence electrons. The lowest BCUT2D eigenvalue weighted by atomic mass is 9.73. The minimum atomic E-state index is -1.25. The summed E-state index contributed by atoms with van der Waals surface area (Å²) in [6.45, 7) is 0.711. The molecule has 0 radical (unpaired) electrons. The summed E-state index contributed by atoms with van der Waals surface area (Å²) in [7, 11) is 1.63. The fraction of sp³-hybridized carbons (Fsp3) is 0.611. The molecule has 2 aliphatic rings. The van der Waals surface area contributed by atoms with Crippen LogP contribution in [0.4, 0.5) is 0 Å². The van der Waals surface area contributed by atoms with Crippen LogP contribution in [-0.2, 0) is 4.79 Å². The molecule has 4 nitrogen and oxygen atoms in total. The third-order valence-electron chi connectivity index (χ3n) is 4.89. The number of benzene rings is 1. The first-order chi connectivity index (χ1) is 10.7. The van der Waals surface area contributed by atoms with E-state index in [1.165, 1.54) is 12.8 Å². The van der Waals surface area contributed by atoms with E-state index < -0.39 is 5.60 Å². The smallest absolute Gasteiger partial charge is 0.161 e. The zero-order chi connectivity index (χ0) is 15.6. The number of carbonyl (C=O) groups is 1. The summed E-state index contributed by atoms with van der Waals surface area (Å²) >= 11 is 0. The van der Waals surface area contributed by atoms with E-state index in [-0.39, 0.29) is 5.92 Å². The topological polar surface area (TPSA) is 55.8 Å². The lowest BCUT2D eigenvalue weighted by Crippen LogP contribution is -2.40. The Morgan fingerprint density at radius 2 is 2.09 bits per heavy atom. The molecule has 0 aliphatic heterocycles. The van der Waals surface area contributed by atoms with Gasteiger partial charge in [0.25, 0.3) is 0 Å². The summed E-state index contributed by atoms with van der Waals surface area (Å²) in [4.78, 5) is 11.4. The number of carbonyl (C=O) groups excluding carboxylic acids is 1. The van der Waals surface area contributed by atoms with Gasteiger partial charge >= 0.3 is 0 Å². The maximum atomic E-state index is 11.4. The Morgan fingerprint density at radius 3 is 2.77 bits per heavy atom. The Hall–Kier alpha value is -1.55. The molecule has 1 aromatic rings. The number of rotatable bonds is 6. The van der Waals surface area contributed by atoms with Crippen LogP contribution < -0.4 is 9.47 Å². The summed E-state index contributed by atoms with van der Waals surface area (Å²) in [6, 6.07) is 5.75. The van der Waals surface area contributed by atoms with Gasteiger partial charge in [-0.3, -0.25) is 0 Å². The molecule has 0 spiro atoms. The van der Waals surface area contributed by atoms with E-state index in [1.807, 2.05) is 18.2 Å². The molecule has 22 heavy (non-hydrogen) atoms. The summed E-state index contributed by atoms with van der Waals surface area (Å²) in [5.41, 5.74) is -0.290. The van der Waals surface area contributed by atoms with Crippen LogP contribution in [0.1, 0.15) is 50.0 Å². The van der Waals surface area contributed by atoms with Gasteiger partial charge in [-0.25, -0.2) is 0 Å². The van der Waals surface area contributed by atoms with E-state index in [2.05, 4.69) is 0 Å². The van der Waals surface area contributed by atoms with Crippen LogP contribution in [-0.4, -0.2) is 30.7 Å². The fourth-order valence-corrected chi connectivity index (χ4v) is 3.29. The maximum absolute atomic E-state index is 11.4. The van der Waals surface area contributed by atoms with E-state index in [4.69, 9.17) is 9.47 Å². The van der Waals surface area contributed by atoms with Crippen molar-refractivity contribution < 1.29 is 19.4 Å². The van der Waals surface area contributed by atoms with Crippen LogP contribution in [0.3, 0.4) is 0 Å². The highest BCUT2D eigenvalue weighted by molar-refractivity contribution is 5.65. The van der Waals surface area contributed by atoms with E-state index in [0.717, 1.165) is 24.8 Å². The predicted octanol–water partition coefficient (Wildman–Crippen LogP) is 3.07. The number of ether oxygens (including phenoxy) is 2. The van der Waals surface area contributed by atoms with Gasteiger partial charge < -0.3 is 19.4 Å². The van der Waals surface area contributed by atoms with Crippen LogP contribution >= 0.6 is 0 Å². The Labute approximate surface area is 131 Å². The van der Waals surface area contributed by atoms with Gasteiger partial charge in [-0.05, 0) is 49.3 Å². The quantitative estimate of drug-likeness (QED) is 0.821. The van der Waals surface area contributed by atoms with Gasteiger partial charge in [0.15, 0.2) is 17.8 Å². The normalized spacial score (nSPS) is 28.2.